The Bertz CT molecular complexity index is 801. The molecule has 4 unspecified atom stereocenters. The Labute approximate surface area is 153 Å². The Morgan fingerprint density at radius 2 is 2.23 bits per heavy atom. The summed E-state index contributed by atoms with van der Waals surface area (Å²) in [7, 11) is 3.70. The molecule has 26 heavy (non-hydrogen) atoms. The molecule has 7 heteroatoms. The van der Waals surface area contributed by atoms with Crippen molar-refractivity contribution in [1.29, 1.82) is 0 Å². The van der Waals surface area contributed by atoms with Crippen molar-refractivity contribution in [2.24, 2.45) is 11.8 Å². The first kappa shape index (κ1) is 17.0. The molecule has 7 nitrogen and oxygen atoms in total. The Kier molecular flexibility index (Phi) is 4.40. The fourth-order valence-electron chi connectivity index (χ4n) is 4.37. The molecule has 5 rings (SSSR count). The second-order valence-corrected chi connectivity index (χ2v) is 7.72. The van der Waals surface area contributed by atoms with E-state index >= 15 is 0 Å². The van der Waals surface area contributed by atoms with Gasteiger partial charge in [0.05, 0.1) is 18.7 Å². The van der Waals surface area contributed by atoms with Crippen LogP contribution in [0.3, 0.4) is 0 Å². The third kappa shape index (κ3) is 3.19. The van der Waals surface area contributed by atoms with E-state index in [1.807, 2.05) is 49.2 Å². The number of nitrogen functional groups attached to an aromatic ring is 1. The van der Waals surface area contributed by atoms with E-state index in [4.69, 9.17) is 5.73 Å². The van der Waals surface area contributed by atoms with Crippen molar-refractivity contribution >= 4 is 11.6 Å². The van der Waals surface area contributed by atoms with E-state index in [1.165, 1.54) is 0 Å². The van der Waals surface area contributed by atoms with Gasteiger partial charge in [-0.15, -0.1) is 5.10 Å². The first-order valence-electron chi connectivity index (χ1n) is 9.22. The molecule has 4 heterocycles. The van der Waals surface area contributed by atoms with Gasteiger partial charge < -0.3 is 10.6 Å². The molecule has 0 aliphatic carbocycles. The van der Waals surface area contributed by atoms with Crippen molar-refractivity contribution in [1.82, 2.24) is 24.8 Å². The van der Waals surface area contributed by atoms with E-state index in [9.17, 15) is 4.79 Å². The highest BCUT2D eigenvalue weighted by molar-refractivity contribution is 5.79. The van der Waals surface area contributed by atoms with Gasteiger partial charge in [-0.3, -0.25) is 14.4 Å². The van der Waals surface area contributed by atoms with E-state index in [0.717, 1.165) is 49.4 Å². The SMILES string of the molecule is CN(C)C(=O)C1CN2CCC1CC2Cn1cc(-c2cccc(N)c2)nn1. The minimum atomic E-state index is 0.147. The van der Waals surface area contributed by atoms with Crippen LogP contribution in [0.4, 0.5) is 5.69 Å². The van der Waals surface area contributed by atoms with E-state index < -0.39 is 0 Å². The smallest absolute Gasteiger partial charge is 0.226 e. The van der Waals surface area contributed by atoms with Gasteiger partial charge in [0.25, 0.3) is 0 Å². The molecule has 3 fully saturated rings. The lowest BCUT2D eigenvalue weighted by Gasteiger charge is -2.49. The summed E-state index contributed by atoms with van der Waals surface area (Å²) in [6.45, 7) is 2.75. The number of rotatable bonds is 4. The molecular formula is C19H26N6O. The number of nitrogens with zero attached hydrogens (tertiary/aromatic N) is 5. The number of carbonyl (C=O) groups is 1. The Morgan fingerprint density at radius 1 is 1.38 bits per heavy atom. The molecule has 1 amide bonds. The van der Waals surface area contributed by atoms with Crippen molar-refractivity contribution in [3.8, 4) is 11.3 Å². The molecule has 138 valence electrons. The van der Waals surface area contributed by atoms with Crippen LogP contribution >= 0.6 is 0 Å². The Hall–Kier alpha value is -2.41. The van der Waals surface area contributed by atoms with Gasteiger partial charge in [-0.1, -0.05) is 17.3 Å². The average Bonchev–Trinajstić information content (AvgIpc) is 3.10. The van der Waals surface area contributed by atoms with E-state index in [1.54, 1.807) is 4.90 Å². The lowest BCUT2D eigenvalue weighted by molar-refractivity contribution is -0.141. The Morgan fingerprint density at radius 3 is 2.92 bits per heavy atom. The van der Waals surface area contributed by atoms with Gasteiger partial charge >= 0.3 is 0 Å². The minimum absolute atomic E-state index is 0.147. The number of fused-ring (bicyclic) bond motifs is 3. The van der Waals surface area contributed by atoms with Gasteiger partial charge in [-0.2, -0.15) is 0 Å². The second kappa shape index (κ2) is 6.72. The molecule has 1 aromatic carbocycles. The van der Waals surface area contributed by atoms with Crippen LogP contribution in [0, 0.1) is 11.8 Å². The normalized spacial score (nSPS) is 27.5. The zero-order valence-corrected chi connectivity index (χ0v) is 15.4. The Balaban J connectivity index is 1.44. The maximum absolute atomic E-state index is 12.4. The third-order valence-electron chi connectivity index (χ3n) is 5.76. The molecule has 3 aliphatic rings. The number of amides is 1. The number of nitrogens with two attached hydrogens (primary N) is 1. The summed E-state index contributed by atoms with van der Waals surface area (Å²) in [4.78, 5) is 16.6. The van der Waals surface area contributed by atoms with Gasteiger partial charge in [0, 0.05) is 37.9 Å². The molecule has 0 saturated carbocycles. The summed E-state index contributed by atoms with van der Waals surface area (Å²) in [5.41, 5.74) is 8.41. The molecule has 2 bridgehead atoms. The molecule has 0 spiro atoms. The van der Waals surface area contributed by atoms with Crippen LogP contribution in [-0.4, -0.2) is 63.9 Å². The lowest BCUT2D eigenvalue weighted by Crippen LogP contribution is -2.57. The van der Waals surface area contributed by atoms with Gasteiger partial charge in [0.1, 0.15) is 5.69 Å². The van der Waals surface area contributed by atoms with E-state index in [2.05, 4.69) is 15.2 Å². The highest BCUT2D eigenvalue weighted by atomic mass is 16.2. The van der Waals surface area contributed by atoms with Crippen molar-refractivity contribution in [3.63, 3.8) is 0 Å². The fraction of sp³-hybridized carbons (Fsp3) is 0.526. The second-order valence-electron chi connectivity index (χ2n) is 7.72. The lowest BCUT2D eigenvalue weighted by atomic mass is 9.75. The van der Waals surface area contributed by atoms with Crippen LogP contribution in [0.25, 0.3) is 11.3 Å². The summed E-state index contributed by atoms with van der Waals surface area (Å²) in [6, 6.07) is 8.13. The molecule has 2 aromatic rings. The molecule has 2 N–H and O–H groups in total. The topological polar surface area (TPSA) is 80.3 Å². The predicted octanol–water partition coefficient (Wildman–Crippen LogP) is 1.33. The molecule has 3 aliphatic heterocycles. The number of hydrogen-bond acceptors (Lipinski definition) is 5. The quantitative estimate of drug-likeness (QED) is 0.838. The maximum Gasteiger partial charge on any atom is 0.226 e. The molecular weight excluding hydrogens is 328 g/mol. The zero-order valence-electron chi connectivity index (χ0n) is 15.4. The summed E-state index contributed by atoms with van der Waals surface area (Å²) < 4.78 is 1.92. The average molecular weight is 354 g/mol. The van der Waals surface area contributed by atoms with E-state index in [0.29, 0.717) is 12.0 Å². The van der Waals surface area contributed by atoms with Crippen molar-refractivity contribution in [3.05, 3.63) is 30.5 Å². The number of hydrogen-bond donors (Lipinski definition) is 1. The zero-order chi connectivity index (χ0) is 18.3. The van der Waals surface area contributed by atoms with Crippen molar-refractivity contribution in [2.75, 3.05) is 32.9 Å². The van der Waals surface area contributed by atoms with Crippen LogP contribution in [0.2, 0.25) is 0 Å². The molecule has 1 aromatic heterocycles. The number of piperidine rings is 3. The first-order valence-corrected chi connectivity index (χ1v) is 9.22. The van der Waals surface area contributed by atoms with Gasteiger partial charge in [0.2, 0.25) is 5.91 Å². The molecule has 4 atom stereocenters. The molecule has 3 saturated heterocycles. The van der Waals surface area contributed by atoms with Crippen LogP contribution in [-0.2, 0) is 11.3 Å². The number of carbonyl (C=O) groups excluding carboxylic acids is 1. The van der Waals surface area contributed by atoms with Gasteiger partial charge in [0.15, 0.2) is 0 Å². The number of benzene rings is 1. The predicted molar refractivity (Wildman–Crippen MR) is 100 cm³/mol. The number of anilines is 1. The maximum atomic E-state index is 12.4. The van der Waals surface area contributed by atoms with Crippen LogP contribution in [0.15, 0.2) is 30.5 Å². The third-order valence-corrected chi connectivity index (χ3v) is 5.76. The number of aromatic nitrogens is 3. The summed E-state index contributed by atoms with van der Waals surface area (Å²) in [5, 5.41) is 8.61. The summed E-state index contributed by atoms with van der Waals surface area (Å²) >= 11 is 0. The van der Waals surface area contributed by atoms with Crippen LogP contribution in [0.5, 0.6) is 0 Å². The summed E-state index contributed by atoms with van der Waals surface area (Å²) in [6.07, 6.45) is 4.16. The van der Waals surface area contributed by atoms with Gasteiger partial charge in [-0.25, -0.2) is 0 Å². The van der Waals surface area contributed by atoms with Crippen molar-refractivity contribution in [2.45, 2.75) is 25.4 Å². The first-order chi connectivity index (χ1) is 12.5. The highest BCUT2D eigenvalue weighted by Crippen LogP contribution is 2.37. The van der Waals surface area contributed by atoms with Crippen LogP contribution in [0.1, 0.15) is 12.8 Å². The standard InChI is InChI=1S/C19H26N6O/c1-23(2)19(26)17-11-24-7-6-13(17)9-16(24)10-25-12-18(21-22-25)14-4-3-5-15(20)8-14/h3-5,8,12-13,16-17H,6-7,9-11,20H2,1-2H3. The van der Waals surface area contributed by atoms with Crippen molar-refractivity contribution < 1.29 is 4.79 Å². The monoisotopic (exact) mass is 354 g/mol. The fourth-order valence-corrected chi connectivity index (χ4v) is 4.37. The molecule has 0 radical (unpaired) electrons. The van der Waals surface area contributed by atoms with Crippen LogP contribution < -0.4 is 5.73 Å². The largest absolute Gasteiger partial charge is 0.399 e. The van der Waals surface area contributed by atoms with E-state index in [-0.39, 0.29) is 11.8 Å². The highest BCUT2D eigenvalue weighted by Gasteiger charge is 2.43. The summed E-state index contributed by atoms with van der Waals surface area (Å²) in [5.74, 6) is 0.897. The minimum Gasteiger partial charge on any atom is -0.399 e. The van der Waals surface area contributed by atoms with Gasteiger partial charge in [-0.05, 0) is 37.4 Å².